The Morgan fingerprint density at radius 2 is 1.75 bits per heavy atom. The molecule has 0 saturated heterocycles. The Labute approximate surface area is 116 Å². The predicted molar refractivity (Wildman–Crippen MR) is 72.5 cm³/mol. The van der Waals surface area contributed by atoms with Crippen molar-refractivity contribution in [1.82, 2.24) is 0 Å². The molecule has 0 spiro atoms. The minimum absolute atomic E-state index is 0.118. The van der Waals surface area contributed by atoms with Crippen LogP contribution in [0.25, 0.3) is 0 Å². The van der Waals surface area contributed by atoms with E-state index in [-0.39, 0.29) is 18.2 Å². The summed E-state index contributed by atoms with van der Waals surface area (Å²) >= 11 is 0. The third-order valence-corrected chi connectivity index (χ3v) is 3.12. The van der Waals surface area contributed by atoms with E-state index in [1.807, 2.05) is 6.92 Å². The summed E-state index contributed by atoms with van der Waals surface area (Å²) in [5.41, 5.74) is 2.08. The third-order valence-electron chi connectivity index (χ3n) is 3.12. The molecule has 0 aromatic heterocycles. The van der Waals surface area contributed by atoms with E-state index in [1.54, 1.807) is 13.0 Å². The van der Waals surface area contributed by atoms with Crippen molar-refractivity contribution in [2.45, 2.75) is 26.6 Å². The maximum Gasteiger partial charge on any atom is 0.128 e. The van der Waals surface area contributed by atoms with E-state index in [1.165, 1.54) is 30.3 Å². The van der Waals surface area contributed by atoms with Crippen LogP contribution in [0.1, 0.15) is 29.7 Å². The van der Waals surface area contributed by atoms with Crippen LogP contribution in [0, 0.1) is 18.6 Å². The topological polar surface area (TPSA) is 29.5 Å². The number of aliphatic hydroxyl groups is 1. The van der Waals surface area contributed by atoms with E-state index in [0.717, 1.165) is 5.56 Å². The number of halogens is 2. The number of ether oxygens (including phenoxy) is 1. The average molecular weight is 278 g/mol. The molecular formula is C16H16F2O2. The lowest BCUT2D eigenvalue weighted by Crippen LogP contribution is -2.03. The van der Waals surface area contributed by atoms with Crippen molar-refractivity contribution >= 4 is 0 Å². The summed E-state index contributed by atoms with van der Waals surface area (Å²) in [5.74, 6) is -0.520. The third kappa shape index (κ3) is 3.33. The Morgan fingerprint density at radius 1 is 1.10 bits per heavy atom. The fraction of sp³-hybridized carbons (Fsp3) is 0.250. The van der Waals surface area contributed by atoms with E-state index in [4.69, 9.17) is 4.74 Å². The second-order valence-electron chi connectivity index (χ2n) is 4.72. The van der Waals surface area contributed by atoms with Crippen LogP contribution >= 0.6 is 0 Å². The summed E-state index contributed by atoms with van der Waals surface area (Å²) in [7, 11) is 0. The Kier molecular flexibility index (Phi) is 4.35. The number of aliphatic hydroxyl groups excluding tert-OH is 1. The van der Waals surface area contributed by atoms with Gasteiger partial charge in [0.15, 0.2) is 0 Å². The van der Waals surface area contributed by atoms with Gasteiger partial charge in [0.2, 0.25) is 0 Å². The van der Waals surface area contributed by atoms with E-state index < -0.39 is 11.9 Å². The summed E-state index contributed by atoms with van der Waals surface area (Å²) in [4.78, 5) is 0. The molecule has 2 rings (SSSR count). The van der Waals surface area contributed by atoms with Crippen LogP contribution in [0.3, 0.4) is 0 Å². The molecule has 0 aliphatic carbocycles. The summed E-state index contributed by atoms with van der Waals surface area (Å²) < 4.78 is 32.0. The highest BCUT2D eigenvalue weighted by atomic mass is 19.1. The molecule has 1 N–H and O–H groups in total. The molecular weight excluding hydrogens is 262 g/mol. The summed E-state index contributed by atoms with van der Waals surface area (Å²) in [6, 6.07) is 8.39. The Balaban J connectivity index is 2.22. The van der Waals surface area contributed by atoms with Gasteiger partial charge in [0.25, 0.3) is 0 Å². The summed E-state index contributed by atoms with van der Waals surface area (Å²) in [6.45, 7) is 3.54. The van der Waals surface area contributed by atoms with E-state index in [0.29, 0.717) is 11.1 Å². The molecule has 20 heavy (non-hydrogen) atoms. The maximum absolute atomic E-state index is 13.3. The molecule has 2 aromatic rings. The molecule has 1 atom stereocenters. The number of hydrogen-bond acceptors (Lipinski definition) is 2. The molecule has 0 aliphatic rings. The van der Waals surface area contributed by atoms with Crippen LogP contribution in [0.5, 0.6) is 5.75 Å². The molecule has 0 heterocycles. The van der Waals surface area contributed by atoms with Crippen molar-refractivity contribution in [2.75, 3.05) is 0 Å². The molecule has 0 radical (unpaired) electrons. The first-order chi connectivity index (χ1) is 9.47. The second-order valence-corrected chi connectivity index (χ2v) is 4.72. The molecule has 4 heteroatoms. The lowest BCUT2D eigenvalue weighted by Gasteiger charge is -2.14. The molecule has 2 aromatic carbocycles. The zero-order chi connectivity index (χ0) is 14.7. The first-order valence-electron chi connectivity index (χ1n) is 6.32. The number of aryl methyl sites for hydroxylation is 1. The normalized spacial score (nSPS) is 12.2. The zero-order valence-corrected chi connectivity index (χ0v) is 11.4. The molecule has 0 unspecified atom stereocenters. The smallest absolute Gasteiger partial charge is 0.128 e. The van der Waals surface area contributed by atoms with Gasteiger partial charge in [-0.2, -0.15) is 0 Å². The summed E-state index contributed by atoms with van der Waals surface area (Å²) in [5, 5.41) is 9.63. The Hall–Kier alpha value is -1.94. The Morgan fingerprint density at radius 3 is 2.45 bits per heavy atom. The lowest BCUT2D eigenvalue weighted by atomic mass is 10.1. The van der Waals surface area contributed by atoms with Gasteiger partial charge >= 0.3 is 0 Å². The van der Waals surface area contributed by atoms with Crippen molar-refractivity contribution in [3.8, 4) is 5.75 Å². The first kappa shape index (κ1) is 14.5. The van der Waals surface area contributed by atoms with Gasteiger partial charge in [-0.15, -0.1) is 0 Å². The molecule has 106 valence electrons. The number of rotatable bonds is 4. The summed E-state index contributed by atoms with van der Waals surface area (Å²) in [6.07, 6.45) is -0.765. The minimum atomic E-state index is -0.765. The van der Waals surface area contributed by atoms with Crippen molar-refractivity contribution in [2.24, 2.45) is 0 Å². The van der Waals surface area contributed by atoms with Gasteiger partial charge in [-0.1, -0.05) is 6.07 Å². The monoisotopic (exact) mass is 278 g/mol. The maximum atomic E-state index is 13.3. The fourth-order valence-electron chi connectivity index (χ4n) is 1.93. The molecule has 0 fully saturated rings. The minimum Gasteiger partial charge on any atom is -0.488 e. The van der Waals surface area contributed by atoms with Crippen LogP contribution < -0.4 is 4.74 Å². The van der Waals surface area contributed by atoms with Crippen molar-refractivity contribution in [1.29, 1.82) is 0 Å². The number of benzene rings is 2. The molecule has 2 nitrogen and oxygen atoms in total. The van der Waals surface area contributed by atoms with E-state index >= 15 is 0 Å². The first-order valence-corrected chi connectivity index (χ1v) is 6.32. The highest BCUT2D eigenvalue weighted by Crippen LogP contribution is 2.27. The highest BCUT2D eigenvalue weighted by Gasteiger charge is 2.11. The standard InChI is InChI=1S/C16H16F2O2/c1-10-3-4-13(17)7-12(10)9-20-16-8-14(18)5-6-15(16)11(2)19/h3-8,11,19H,9H2,1-2H3/t11-/m1/s1. The van der Waals surface area contributed by atoms with Crippen LogP contribution in [0.2, 0.25) is 0 Å². The number of hydrogen-bond donors (Lipinski definition) is 1. The molecule has 0 amide bonds. The van der Waals surface area contributed by atoms with Gasteiger partial charge in [-0.3, -0.25) is 0 Å². The van der Waals surface area contributed by atoms with Crippen LogP contribution in [0.4, 0.5) is 8.78 Å². The van der Waals surface area contributed by atoms with Crippen LogP contribution in [-0.4, -0.2) is 5.11 Å². The lowest BCUT2D eigenvalue weighted by molar-refractivity contribution is 0.189. The van der Waals surface area contributed by atoms with E-state index in [9.17, 15) is 13.9 Å². The van der Waals surface area contributed by atoms with Gasteiger partial charge in [-0.05, 0) is 49.2 Å². The SMILES string of the molecule is Cc1ccc(F)cc1COc1cc(F)ccc1[C@@H](C)O. The fourth-order valence-corrected chi connectivity index (χ4v) is 1.93. The highest BCUT2D eigenvalue weighted by molar-refractivity contribution is 5.36. The molecule has 0 aliphatic heterocycles. The van der Waals surface area contributed by atoms with E-state index in [2.05, 4.69) is 0 Å². The Bertz CT molecular complexity index is 609. The van der Waals surface area contributed by atoms with Crippen molar-refractivity contribution in [3.05, 3.63) is 64.7 Å². The van der Waals surface area contributed by atoms with Crippen molar-refractivity contribution in [3.63, 3.8) is 0 Å². The van der Waals surface area contributed by atoms with Gasteiger partial charge in [0, 0.05) is 11.6 Å². The van der Waals surface area contributed by atoms with Gasteiger partial charge < -0.3 is 9.84 Å². The molecule has 0 bridgehead atoms. The average Bonchev–Trinajstić information content (AvgIpc) is 2.39. The largest absolute Gasteiger partial charge is 0.488 e. The quantitative estimate of drug-likeness (QED) is 0.919. The van der Waals surface area contributed by atoms with Crippen molar-refractivity contribution < 1.29 is 18.6 Å². The molecule has 0 saturated carbocycles. The zero-order valence-electron chi connectivity index (χ0n) is 11.4. The van der Waals surface area contributed by atoms with Gasteiger partial charge in [-0.25, -0.2) is 8.78 Å². The van der Waals surface area contributed by atoms with Gasteiger partial charge in [0.1, 0.15) is 24.0 Å². The van der Waals surface area contributed by atoms with Crippen LogP contribution in [0.15, 0.2) is 36.4 Å². The van der Waals surface area contributed by atoms with Gasteiger partial charge in [0.05, 0.1) is 6.10 Å². The van der Waals surface area contributed by atoms with Crippen LogP contribution in [-0.2, 0) is 6.61 Å². The second kappa shape index (κ2) is 6.01. The predicted octanol–water partition coefficient (Wildman–Crippen LogP) is 3.91.